The number of hydrogen-bond acceptors (Lipinski definition) is 5. The van der Waals surface area contributed by atoms with Crippen LogP contribution >= 0.6 is 24.0 Å². The second-order valence-electron chi connectivity index (χ2n) is 4.14. The van der Waals surface area contributed by atoms with Crippen LogP contribution in [0.15, 0.2) is 12.1 Å². The van der Waals surface area contributed by atoms with Crippen molar-refractivity contribution in [3.05, 3.63) is 22.7 Å². The summed E-state index contributed by atoms with van der Waals surface area (Å²) < 4.78 is 10.3. The summed E-state index contributed by atoms with van der Waals surface area (Å²) in [6.45, 7) is 0.623. The van der Waals surface area contributed by atoms with E-state index >= 15 is 0 Å². The van der Waals surface area contributed by atoms with Crippen molar-refractivity contribution in [1.29, 1.82) is 0 Å². The van der Waals surface area contributed by atoms with Crippen LogP contribution in [0.5, 0.6) is 11.5 Å². The summed E-state index contributed by atoms with van der Waals surface area (Å²) >= 11 is 6.05. The Bertz CT molecular complexity index is 526. The maximum atomic E-state index is 11.9. The molecule has 0 aliphatic rings. The summed E-state index contributed by atoms with van der Waals surface area (Å²) in [5, 5.41) is 2.85. The van der Waals surface area contributed by atoms with Crippen molar-refractivity contribution >= 4 is 35.8 Å². The average Bonchev–Trinajstić information content (AvgIpc) is 2.45. The summed E-state index contributed by atoms with van der Waals surface area (Å²) in [4.78, 5) is 22.7. The van der Waals surface area contributed by atoms with Crippen LogP contribution in [0.2, 0.25) is 5.02 Å². The van der Waals surface area contributed by atoms with Gasteiger partial charge < -0.3 is 26.3 Å². The lowest BCUT2D eigenvalue weighted by molar-refractivity contribution is -0.119. The van der Waals surface area contributed by atoms with E-state index in [1.807, 2.05) is 0 Å². The molecule has 0 radical (unpaired) electrons. The molecular formula is C13H19Cl2N3O4. The van der Waals surface area contributed by atoms with Gasteiger partial charge in [-0.15, -0.1) is 12.4 Å². The molecule has 22 heavy (non-hydrogen) atoms. The Morgan fingerprint density at radius 1 is 1.36 bits per heavy atom. The molecule has 0 heterocycles. The van der Waals surface area contributed by atoms with Crippen LogP contribution in [-0.2, 0) is 4.79 Å². The SMILES string of the molecule is COc1cc(C(=O)NCCCN)cc(Cl)c1OCC(N)=O.Cl. The molecule has 1 rings (SSSR count). The molecular weight excluding hydrogens is 333 g/mol. The molecule has 0 saturated heterocycles. The van der Waals surface area contributed by atoms with Crippen molar-refractivity contribution in [3.8, 4) is 11.5 Å². The summed E-state index contributed by atoms with van der Waals surface area (Å²) in [6.07, 6.45) is 0.677. The largest absolute Gasteiger partial charge is 0.493 e. The highest BCUT2D eigenvalue weighted by molar-refractivity contribution is 6.32. The van der Waals surface area contributed by atoms with Gasteiger partial charge in [0, 0.05) is 12.1 Å². The molecule has 0 spiro atoms. The highest BCUT2D eigenvalue weighted by atomic mass is 35.5. The van der Waals surface area contributed by atoms with Gasteiger partial charge in [-0.3, -0.25) is 9.59 Å². The van der Waals surface area contributed by atoms with Crippen LogP contribution in [-0.4, -0.2) is 38.6 Å². The third-order valence-electron chi connectivity index (χ3n) is 2.52. The van der Waals surface area contributed by atoms with Crippen LogP contribution < -0.4 is 26.3 Å². The van der Waals surface area contributed by atoms with Crippen molar-refractivity contribution in [2.45, 2.75) is 6.42 Å². The first kappa shape index (κ1) is 20.3. The van der Waals surface area contributed by atoms with Crippen LogP contribution in [0, 0.1) is 0 Å². The van der Waals surface area contributed by atoms with Gasteiger partial charge in [0.25, 0.3) is 11.8 Å². The monoisotopic (exact) mass is 351 g/mol. The van der Waals surface area contributed by atoms with Gasteiger partial charge in [0.2, 0.25) is 0 Å². The lowest BCUT2D eigenvalue weighted by Gasteiger charge is -2.13. The fourth-order valence-electron chi connectivity index (χ4n) is 1.54. The predicted octanol–water partition coefficient (Wildman–Crippen LogP) is 0.713. The Morgan fingerprint density at radius 2 is 2.05 bits per heavy atom. The Labute approximate surface area is 139 Å². The lowest BCUT2D eigenvalue weighted by atomic mass is 10.2. The standard InChI is InChI=1S/C13H18ClN3O4.ClH/c1-20-10-6-8(13(19)17-4-2-3-15)5-9(14)12(10)21-7-11(16)18;/h5-6H,2-4,7,15H2,1H3,(H2,16,18)(H,17,19);1H. The number of nitrogens with one attached hydrogen (secondary N) is 1. The highest BCUT2D eigenvalue weighted by Crippen LogP contribution is 2.36. The molecule has 0 saturated carbocycles. The molecule has 7 nitrogen and oxygen atoms in total. The molecule has 2 amide bonds. The van der Waals surface area contributed by atoms with E-state index in [1.165, 1.54) is 19.2 Å². The van der Waals surface area contributed by atoms with E-state index in [4.69, 9.17) is 32.5 Å². The Balaban J connectivity index is 0.00000441. The highest BCUT2D eigenvalue weighted by Gasteiger charge is 2.16. The van der Waals surface area contributed by atoms with E-state index in [0.29, 0.717) is 25.1 Å². The van der Waals surface area contributed by atoms with E-state index in [1.54, 1.807) is 0 Å². The normalized spacial score (nSPS) is 9.59. The van der Waals surface area contributed by atoms with Crippen LogP contribution in [0.4, 0.5) is 0 Å². The van der Waals surface area contributed by atoms with Crippen molar-refractivity contribution < 1.29 is 19.1 Å². The average molecular weight is 352 g/mol. The first-order chi connectivity index (χ1) is 9.99. The molecule has 0 aliphatic heterocycles. The summed E-state index contributed by atoms with van der Waals surface area (Å²) in [6, 6.07) is 2.90. The third-order valence-corrected chi connectivity index (χ3v) is 2.80. The zero-order valence-corrected chi connectivity index (χ0v) is 13.6. The van der Waals surface area contributed by atoms with Gasteiger partial charge in [0.1, 0.15) is 0 Å². The Hall–Kier alpha value is -1.70. The number of nitrogens with two attached hydrogens (primary N) is 2. The van der Waals surface area contributed by atoms with Crippen LogP contribution in [0.3, 0.4) is 0 Å². The van der Waals surface area contributed by atoms with Gasteiger partial charge >= 0.3 is 0 Å². The Kier molecular flexibility index (Phi) is 9.32. The summed E-state index contributed by atoms with van der Waals surface area (Å²) in [7, 11) is 1.40. The first-order valence-corrected chi connectivity index (χ1v) is 6.64. The number of carbonyl (C=O) groups excluding carboxylic acids is 2. The van der Waals surface area contributed by atoms with E-state index in [2.05, 4.69) is 5.32 Å². The number of amides is 2. The molecule has 0 bridgehead atoms. The summed E-state index contributed by atoms with van der Waals surface area (Å²) in [5.74, 6) is -0.536. The predicted molar refractivity (Wildman–Crippen MR) is 85.9 cm³/mol. The maximum Gasteiger partial charge on any atom is 0.255 e. The van der Waals surface area contributed by atoms with E-state index in [9.17, 15) is 9.59 Å². The second kappa shape index (κ2) is 10.1. The fraction of sp³-hybridized carbons (Fsp3) is 0.385. The van der Waals surface area contributed by atoms with Gasteiger partial charge in [-0.05, 0) is 25.1 Å². The fourth-order valence-corrected chi connectivity index (χ4v) is 1.81. The molecule has 1 aromatic rings. The number of rotatable bonds is 8. The van der Waals surface area contributed by atoms with E-state index < -0.39 is 5.91 Å². The topological polar surface area (TPSA) is 117 Å². The van der Waals surface area contributed by atoms with Gasteiger partial charge in [-0.1, -0.05) is 11.6 Å². The van der Waals surface area contributed by atoms with Crippen molar-refractivity contribution in [2.24, 2.45) is 11.5 Å². The minimum atomic E-state index is -0.642. The second-order valence-corrected chi connectivity index (χ2v) is 4.55. The number of hydrogen-bond donors (Lipinski definition) is 3. The van der Waals surface area contributed by atoms with Crippen molar-refractivity contribution in [2.75, 3.05) is 26.8 Å². The zero-order valence-electron chi connectivity index (χ0n) is 12.1. The molecule has 0 unspecified atom stereocenters. The number of primary amides is 1. The summed E-state index contributed by atoms with van der Waals surface area (Å²) in [5.41, 5.74) is 10.7. The quantitative estimate of drug-likeness (QED) is 0.596. The minimum Gasteiger partial charge on any atom is -0.493 e. The zero-order chi connectivity index (χ0) is 15.8. The minimum absolute atomic E-state index is 0. The smallest absolute Gasteiger partial charge is 0.255 e. The molecule has 5 N–H and O–H groups in total. The van der Waals surface area contributed by atoms with Gasteiger partial charge in [0.15, 0.2) is 18.1 Å². The lowest BCUT2D eigenvalue weighted by Crippen LogP contribution is -2.26. The molecule has 0 fully saturated rings. The molecule has 9 heteroatoms. The van der Waals surface area contributed by atoms with Crippen molar-refractivity contribution in [1.82, 2.24) is 5.32 Å². The maximum absolute atomic E-state index is 11.9. The van der Waals surface area contributed by atoms with Crippen LogP contribution in [0.1, 0.15) is 16.8 Å². The Morgan fingerprint density at radius 3 is 2.59 bits per heavy atom. The van der Waals surface area contributed by atoms with Crippen LogP contribution in [0.25, 0.3) is 0 Å². The first-order valence-electron chi connectivity index (χ1n) is 6.26. The number of methoxy groups -OCH3 is 1. The number of halogens is 2. The van der Waals surface area contributed by atoms with Gasteiger partial charge in [-0.2, -0.15) is 0 Å². The van der Waals surface area contributed by atoms with Gasteiger partial charge in [-0.25, -0.2) is 0 Å². The molecule has 0 atom stereocenters. The molecule has 124 valence electrons. The number of benzene rings is 1. The van der Waals surface area contributed by atoms with Crippen molar-refractivity contribution in [3.63, 3.8) is 0 Å². The molecule has 0 aromatic heterocycles. The number of ether oxygens (including phenoxy) is 2. The van der Waals surface area contributed by atoms with E-state index in [0.717, 1.165) is 0 Å². The third kappa shape index (κ3) is 5.97. The van der Waals surface area contributed by atoms with Gasteiger partial charge in [0.05, 0.1) is 12.1 Å². The number of carbonyl (C=O) groups is 2. The molecule has 1 aromatic carbocycles. The molecule has 0 aliphatic carbocycles. The van der Waals surface area contributed by atoms with E-state index in [-0.39, 0.29) is 41.4 Å².